The van der Waals surface area contributed by atoms with Crippen LogP contribution >= 0.6 is 0 Å². The highest BCUT2D eigenvalue weighted by molar-refractivity contribution is 6.28. The zero-order valence-electron chi connectivity index (χ0n) is 26.7. The van der Waals surface area contributed by atoms with Crippen molar-refractivity contribution in [1.82, 2.24) is 0 Å². The van der Waals surface area contributed by atoms with Gasteiger partial charge in [0.25, 0.3) is 0 Å². The van der Waals surface area contributed by atoms with E-state index in [0.717, 1.165) is 25.7 Å². The fraction of sp³-hybridized carbons (Fsp3) is 0.632. The van der Waals surface area contributed by atoms with Crippen LogP contribution in [-0.4, -0.2) is 24.8 Å². The fourth-order valence-corrected chi connectivity index (χ4v) is 5.85. The molecule has 0 heterocycles. The molecular weight excluding hydrogens is 520 g/mol. The molecule has 3 rings (SSSR count). The van der Waals surface area contributed by atoms with Crippen LogP contribution in [0.25, 0.3) is 0 Å². The first kappa shape index (κ1) is 33.9. The topological polar surface area (TPSA) is 52.6 Å². The van der Waals surface area contributed by atoms with Crippen molar-refractivity contribution in [1.29, 1.82) is 0 Å². The number of hydrogen-bond donors (Lipinski definition) is 0. The maximum atomic E-state index is 13.3. The molecule has 232 valence electrons. The predicted octanol–water partition coefficient (Wildman–Crippen LogP) is 11.1. The van der Waals surface area contributed by atoms with Gasteiger partial charge in [0, 0.05) is 22.3 Å². The van der Waals surface area contributed by atoms with Gasteiger partial charge in [0.05, 0.1) is 13.2 Å². The largest absolute Gasteiger partial charge is 0.494 e. The van der Waals surface area contributed by atoms with Crippen LogP contribution in [0.5, 0.6) is 11.5 Å². The van der Waals surface area contributed by atoms with Crippen molar-refractivity contribution in [3.63, 3.8) is 0 Å². The number of carbonyl (C=O) groups is 2. The van der Waals surface area contributed by atoms with Crippen LogP contribution in [0.15, 0.2) is 36.4 Å². The summed E-state index contributed by atoms with van der Waals surface area (Å²) in [6.07, 6.45) is 25.6. The Morgan fingerprint density at radius 2 is 0.714 bits per heavy atom. The Morgan fingerprint density at radius 1 is 0.405 bits per heavy atom. The lowest BCUT2D eigenvalue weighted by Crippen LogP contribution is -2.21. The quantitative estimate of drug-likeness (QED) is 0.0995. The van der Waals surface area contributed by atoms with E-state index in [1.807, 2.05) is 12.1 Å². The number of unbranched alkanes of at least 4 members (excludes halogenated alkanes) is 18. The van der Waals surface area contributed by atoms with Crippen molar-refractivity contribution in [2.24, 2.45) is 0 Å². The van der Waals surface area contributed by atoms with Gasteiger partial charge in [0.15, 0.2) is 11.6 Å². The molecule has 0 N–H and O–H groups in total. The van der Waals surface area contributed by atoms with Crippen LogP contribution in [-0.2, 0) is 0 Å². The van der Waals surface area contributed by atoms with Crippen LogP contribution in [0.4, 0.5) is 0 Å². The van der Waals surface area contributed by atoms with Gasteiger partial charge in [0.2, 0.25) is 0 Å². The Labute approximate surface area is 256 Å². The lowest BCUT2D eigenvalue weighted by molar-refractivity contribution is 0.0978. The number of ketones is 2. The summed E-state index contributed by atoms with van der Waals surface area (Å²) >= 11 is 0. The normalized spacial score (nSPS) is 12.3. The average molecular weight is 577 g/mol. The van der Waals surface area contributed by atoms with E-state index in [1.165, 1.54) is 103 Å². The first-order valence-corrected chi connectivity index (χ1v) is 17.3. The number of rotatable bonds is 24. The molecule has 2 aromatic rings. The summed E-state index contributed by atoms with van der Waals surface area (Å²) < 4.78 is 11.9. The lowest BCUT2D eigenvalue weighted by Gasteiger charge is -2.19. The summed E-state index contributed by atoms with van der Waals surface area (Å²) in [6, 6.07) is 10.6. The van der Waals surface area contributed by atoms with Gasteiger partial charge in [-0.1, -0.05) is 129 Å². The molecule has 0 aliphatic heterocycles. The van der Waals surface area contributed by atoms with Crippen molar-refractivity contribution in [2.75, 3.05) is 13.2 Å². The molecule has 4 nitrogen and oxygen atoms in total. The monoisotopic (exact) mass is 576 g/mol. The molecule has 0 spiro atoms. The fourth-order valence-electron chi connectivity index (χ4n) is 5.85. The Kier molecular flexibility index (Phi) is 16.4. The minimum absolute atomic E-state index is 0.120. The van der Waals surface area contributed by atoms with Gasteiger partial charge < -0.3 is 9.47 Å². The van der Waals surface area contributed by atoms with E-state index in [2.05, 4.69) is 13.8 Å². The van der Waals surface area contributed by atoms with Crippen LogP contribution in [0, 0.1) is 0 Å². The Morgan fingerprint density at radius 3 is 1.05 bits per heavy atom. The van der Waals surface area contributed by atoms with Gasteiger partial charge in [-0.15, -0.1) is 0 Å². The molecule has 42 heavy (non-hydrogen) atoms. The molecule has 0 atom stereocenters. The molecule has 1 aliphatic carbocycles. The third-order valence-corrected chi connectivity index (χ3v) is 8.49. The SMILES string of the molecule is CCCCCCCCCCCCOc1ccc2c(c1)C(=O)c1ccc(OCCCCCCCCCCCC)cc1C2=O. The van der Waals surface area contributed by atoms with Crippen LogP contribution in [0.1, 0.15) is 174 Å². The van der Waals surface area contributed by atoms with Crippen molar-refractivity contribution < 1.29 is 19.1 Å². The molecule has 0 unspecified atom stereocenters. The zero-order valence-corrected chi connectivity index (χ0v) is 26.7. The molecule has 0 amide bonds. The maximum Gasteiger partial charge on any atom is 0.194 e. The Bertz CT molecular complexity index is 987. The van der Waals surface area contributed by atoms with Gasteiger partial charge in [-0.25, -0.2) is 0 Å². The number of hydrogen-bond acceptors (Lipinski definition) is 4. The first-order chi connectivity index (χ1) is 20.7. The molecular formula is C38H56O4. The second-order valence-electron chi connectivity index (χ2n) is 12.1. The van der Waals surface area contributed by atoms with Crippen molar-refractivity contribution in [3.05, 3.63) is 58.7 Å². The highest BCUT2D eigenvalue weighted by Crippen LogP contribution is 2.32. The molecule has 0 saturated carbocycles. The van der Waals surface area contributed by atoms with Crippen molar-refractivity contribution in [2.45, 2.75) is 142 Å². The molecule has 4 heteroatoms. The van der Waals surface area contributed by atoms with Gasteiger partial charge in [0.1, 0.15) is 11.5 Å². The molecule has 0 radical (unpaired) electrons. The number of carbonyl (C=O) groups excluding carboxylic acids is 2. The van der Waals surface area contributed by atoms with E-state index in [0.29, 0.717) is 47.0 Å². The van der Waals surface area contributed by atoms with E-state index in [-0.39, 0.29) is 11.6 Å². The average Bonchev–Trinajstić information content (AvgIpc) is 3.01. The third-order valence-electron chi connectivity index (χ3n) is 8.49. The summed E-state index contributed by atoms with van der Waals surface area (Å²) in [4.78, 5) is 26.6. The molecule has 0 saturated heterocycles. The highest BCUT2D eigenvalue weighted by Gasteiger charge is 2.30. The van der Waals surface area contributed by atoms with Gasteiger partial charge in [-0.2, -0.15) is 0 Å². The number of ether oxygens (including phenoxy) is 2. The highest BCUT2D eigenvalue weighted by atomic mass is 16.5. The zero-order chi connectivity index (χ0) is 29.8. The molecule has 1 aliphatic rings. The number of fused-ring (bicyclic) bond motifs is 2. The van der Waals surface area contributed by atoms with E-state index < -0.39 is 0 Å². The molecule has 0 fully saturated rings. The minimum atomic E-state index is -0.120. The van der Waals surface area contributed by atoms with Crippen molar-refractivity contribution in [3.8, 4) is 11.5 Å². The third kappa shape index (κ3) is 11.6. The van der Waals surface area contributed by atoms with Crippen LogP contribution in [0.2, 0.25) is 0 Å². The molecule has 0 bridgehead atoms. The predicted molar refractivity (Wildman–Crippen MR) is 174 cm³/mol. The minimum Gasteiger partial charge on any atom is -0.494 e. The van der Waals surface area contributed by atoms with E-state index in [9.17, 15) is 9.59 Å². The Balaban J connectivity index is 1.36. The van der Waals surface area contributed by atoms with Crippen LogP contribution < -0.4 is 9.47 Å². The van der Waals surface area contributed by atoms with Gasteiger partial charge >= 0.3 is 0 Å². The Hall–Kier alpha value is -2.62. The van der Waals surface area contributed by atoms with Crippen LogP contribution in [0.3, 0.4) is 0 Å². The second-order valence-corrected chi connectivity index (χ2v) is 12.1. The summed E-state index contributed by atoms with van der Waals surface area (Å²) in [5.74, 6) is 1.08. The summed E-state index contributed by atoms with van der Waals surface area (Å²) in [7, 11) is 0. The second kappa shape index (κ2) is 20.3. The lowest BCUT2D eigenvalue weighted by atomic mass is 9.84. The summed E-state index contributed by atoms with van der Waals surface area (Å²) in [5.41, 5.74) is 1.77. The molecule has 0 aromatic heterocycles. The first-order valence-electron chi connectivity index (χ1n) is 17.3. The summed E-state index contributed by atoms with van der Waals surface area (Å²) in [5, 5.41) is 0. The smallest absolute Gasteiger partial charge is 0.194 e. The number of benzene rings is 2. The molecule has 2 aromatic carbocycles. The van der Waals surface area contributed by atoms with Gasteiger partial charge in [-0.05, 0) is 49.2 Å². The van der Waals surface area contributed by atoms with Gasteiger partial charge in [-0.3, -0.25) is 9.59 Å². The van der Waals surface area contributed by atoms with E-state index in [4.69, 9.17) is 9.47 Å². The van der Waals surface area contributed by atoms with E-state index >= 15 is 0 Å². The maximum absolute atomic E-state index is 13.3. The standard InChI is InChI=1S/C38H56O4/c1-3-5-7-9-11-13-15-17-19-21-27-41-31-23-25-33-35(29-31)37(39)34-26-24-32(30-36(34)38(33)40)42-28-22-20-18-16-14-12-10-8-6-4-2/h23-26,29-30H,3-22,27-28H2,1-2H3. The van der Waals surface area contributed by atoms with E-state index in [1.54, 1.807) is 24.3 Å². The summed E-state index contributed by atoms with van der Waals surface area (Å²) in [6.45, 7) is 5.78. The van der Waals surface area contributed by atoms with Crippen molar-refractivity contribution >= 4 is 11.6 Å².